The Morgan fingerprint density at radius 2 is 2.00 bits per heavy atom. The highest BCUT2D eigenvalue weighted by Crippen LogP contribution is 2.31. The molecule has 0 aliphatic heterocycles. The van der Waals surface area contributed by atoms with Crippen molar-refractivity contribution in [2.75, 3.05) is 0 Å². The molecule has 0 saturated heterocycles. The van der Waals surface area contributed by atoms with Crippen LogP contribution in [-0.4, -0.2) is 15.0 Å². The van der Waals surface area contributed by atoms with E-state index in [0.29, 0.717) is 0 Å². The third-order valence-electron chi connectivity index (χ3n) is 4.31. The Hall–Kier alpha value is -2.36. The van der Waals surface area contributed by atoms with Crippen molar-refractivity contribution in [1.29, 1.82) is 0 Å². The van der Waals surface area contributed by atoms with Crippen molar-refractivity contribution in [3.63, 3.8) is 0 Å². The van der Waals surface area contributed by atoms with Gasteiger partial charge in [-0.2, -0.15) is 0 Å². The van der Waals surface area contributed by atoms with Crippen LogP contribution in [0.2, 0.25) is 0 Å². The van der Waals surface area contributed by atoms with Crippen LogP contribution in [0.1, 0.15) is 45.6 Å². The Kier molecular flexibility index (Phi) is 3.84. The Balaban J connectivity index is 2.05. The molecule has 0 unspecified atom stereocenters. The fourth-order valence-electron chi connectivity index (χ4n) is 2.95. The number of aryl methyl sites for hydroxylation is 3. The van der Waals surface area contributed by atoms with E-state index in [0.717, 1.165) is 29.5 Å². The summed E-state index contributed by atoms with van der Waals surface area (Å²) in [7, 11) is 0. The first kappa shape index (κ1) is 14.6. The number of rotatable bonds is 4. The maximum absolute atomic E-state index is 5.59. The maximum atomic E-state index is 5.59. The highest BCUT2D eigenvalue weighted by atomic mass is 16.4. The molecule has 0 fully saturated rings. The number of benzene rings is 1. The summed E-state index contributed by atoms with van der Waals surface area (Å²) in [4.78, 5) is 12.0. The van der Waals surface area contributed by atoms with Gasteiger partial charge in [0.15, 0.2) is 5.89 Å². The van der Waals surface area contributed by atoms with Gasteiger partial charge in [0.1, 0.15) is 5.76 Å². The fraction of sp³-hybridized carbons (Fsp3) is 0.333. The Bertz CT molecular complexity index is 772. The lowest BCUT2D eigenvalue weighted by Crippen LogP contribution is -2.09. The molecule has 1 aromatic carbocycles. The second-order valence-corrected chi connectivity index (χ2v) is 5.79. The molecule has 22 heavy (non-hydrogen) atoms. The first-order valence-corrected chi connectivity index (χ1v) is 7.53. The zero-order valence-electron chi connectivity index (χ0n) is 13.5. The van der Waals surface area contributed by atoms with E-state index in [-0.39, 0.29) is 5.92 Å². The molecule has 1 atom stereocenters. The Labute approximate surface area is 130 Å². The Morgan fingerprint density at radius 1 is 1.18 bits per heavy atom. The molecule has 0 bridgehead atoms. The summed E-state index contributed by atoms with van der Waals surface area (Å²) in [6.45, 7) is 8.19. The van der Waals surface area contributed by atoms with Crippen LogP contribution in [0.4, 0.5) is 0 Å². The number of hydrogen-bond acceptors (Lipinski definition) is 3. The van der Waals surface area contributed by atoms with Gasteiger partial charge in [0.25, 0.3) is 0 Å². The molecular formula is C18H21N3O. The molecule has 2 heterocycles. The minimum Gasteiger partial charge on any atom is -0.446 e. The summed E-state index contributed by atoms with van der Waals surface area (Å²) >= 11 is 0. The average Bonchev–Trinajstić information content (AvgIpc) is 3.10. The number of aromatic nitrogens is 3. The van der Waals surface area contributed by atoms with Crippen LogP contribution in [-0.2, 0) is 6.42 Å². The van der Waals surface area contributed by atoms with E-state index in [2.05, 4.69) is 47.0 Å². The molecule has 3 aromatic rings. The van der Waals surface area contributed by atoms with Gasteiger partial charge in [0, 0.05) is 31.2 Å². The van der Waals surface area contributed by atoms with Gasteiger partial charge >= 0.3 is 0 Å². The van der Waals surface area contributed by atoms with Crippen LogP contribution in [0.25, 0.3) is 0 Å². The van der Waals surface area contributed by atoms with E-state index < -0.39 is 0 Å². The molecule has 0 amide bonds. The van der Waals surface area contributed by atoms with E-state index in [1.807, 2.05) is 20.0 Å². The smallest absolute Gasteiger partial charge is 0.191 e. The topological polar surface area (TPSA) is 54.7 Å². The first-order valence-electron chi connectivity index (χ1n) is 7.53. The zero-order chi connectivity index (χ0) is 15.7. The van der Waals surface area contributed by atoms with E-state index >= 15 is 0 Å². The standard InChI is InChI=1S/C18H21N3O/c1-11-6-5-7-15(12(11)2)16(18-9-19-10-20-18)8-17-13(3)22-14(4)21-17/h5-7,9-10,16H,8H2,1-4H3,(H,19,20)/t16-/m0/s1. The average molecular weight is 295 g/mol. The molecule has 3 rings (SSSR count). The van der Waals surface area contributed by atoms with Crippen LogP contribution in [0.3, 0.4) is 0 Å². The monoisotopic (exact) mass is 295 g/mol. The lowest BCUT2D eigenvalue weighted by atomic mass is 9.87. The molecule has 2 aromatic heterocycles. The minimum atomic E-state index is 0.200. The van der Waals surface area contributed by atoms with Crippen molar-refractivity contribution >= 4 is 0 Å². The van der Waals surface area contributed by atoms with Crippen molar-refractivity contribution in [2.24, 2.45) is 0 Å². The number of hydrogen-bond donors (Lipinski definition) is 1. The number of nitrogens with one attached hydrogen (secondary N) is 1. The summed E-state index contributed by atoms with van der Waals surface area (Å²) in [6.07, 6.45) is 4.43. The first-order chi connectivity index (χ1) is 10.6. The van der Waals surface area contributed by atoms with Gasteiger partial charge in [0.2, 0.25) is 0 Å². The third-order valence-corrected chi connectivity index (χ3v) is 4.31. The van der Waals surface area contributed by atoms with Crippen molar-refractivity contribution < 1.29 is 4.42 Å². The van der Waals surface area contributed by atoms with Gasteiger partial charge in [-0.15, -0.1) is 0 Å². The molecule has 0 aliphatic carbocycles. The minimum absolute atomic E-state index is 0.200. The quantitative estimate of drug-likeness (QED) is 0.791. The number of aromatic amines is 1. The van der Waals surface area contributed by atoms with Crippen LogP contribution < -0.4 is 0 Å². The molecule has 0 saturated carbocycles. The molecular weight excluding hydrogens is 274 g/mol. The number of imidazole rings is 1. The van der Waals surface area contributed by atoms with Gasteiger partial charge in [0.05, 0.1) is 12.0 Å². The molecule has 1 N–H and O–H groups in total. The SMILES string of the molecule is Cc1nc(C[C@H](c2cnc[nH]2)c2cccc(C)c2C)c(C)o1. The van der Waals surface area contributed by atoms with E-state index in [1.165, 1.54) is 16.7 Å². The summed E-state index contributed by atoms with van der Waals surface area (Å²) in [6, 6.07) is 6.45. The van der Waals surface area contributed by atoms with Crippen molar-refractivity contribution in [1.82, 2.24) is 15.0 Å². The normalized spacial score (nSPS) is 12.5. The van der Waals surface area contributed by atoms with Crippen LogP contribution in [0.15, 0.2) is 35.1 Å². The predicted molar refractivity (Wildman–Crippen MR) is 86.0 cm³/mol. The lowest BCUT2D eigenvalue weighted by Gasteiger charge is -2.19. The van der Waals surface area contributed by atoms with Crippen molar-refractivity contribution in [3.8, 4) is 0 Å². The zero-order valence-corrected chi connectivity index (χ0v) is 13.5. The summed E-state index contributed by atoms with van der Waals surface area (Å²) in [5, 5.41) is 0. The highest BCUT2D eigenvalue weighted by molar-refractivity contribution is 5.40. The largest absolute Gasteiger partial charge is 0.446 e. The molecule has 114 valence electrons. The van der Waals surface area contributed by atoms with Gasteiger partial charge in [-0.25, -0.2) is 9.97 Å². The van der Waals surface area contributed by atoms with Gasteiger partial charge in [-0.1, -0.05) is 18.2 Å². The molecule has 0 aliphatic rings. The van der Waals surface area contributed by atoms with E-state index in [1.54, 1.807) is 6.33 Å². The lowest BCUT2D eigenvalue weighted by molar-refractivity contribution is 0.492. The van der Waals surface area contributed by atoms with Gasteiger partial charge < -0.3 is 9.40 Å². The fourth-order valence-corrected chi connectivity index (χ4v) is 2.95. The van der Waals surface area contributed by atoms with Crippen molar-refractivity contribution in [2.45, 2.75) is 40.0 Å². The van der Waals surface area contributed by atoms with E-state index in [9.17, 15) is 0 Å². The Morgan fingerprint density at radius 3 is 2.64 bits per heavy atom. The molecule has 4 heteroatoms. The van der Waals surface area contributed by atoms with Crippen LogP contribution in [0, 0.1) is 27.7 Å². The molecule has 0 radical (unpaired) electrons. The summed E-state index contributed by atoms with van der Waals surface area (Å²) in [5.74, 6) is 1.81. The maximum Gasteiger partial charge on any atom is 0.191 e. The number of nitrogens with zero attached hydrogens (tertiary/aromatic N) is 2. The second-order valence-electron chi connectivity index (χ2n) is 5.79. The predicted octanol–water partition coefficient (Wildman–Crippen LogP) is 4.01. The highest BCUT2D eigenvalue weighted by Gasteiger charge is 2.21. The third kappa shape index (κ3) is 2.69. The van der Waals surface area contributed by atoms with Gasteiger partial charge in [-0.3, -0.25) is 0 Å². The molecule has 0 spiro atoms. The molecule has 4 nitrogen and oxygen atoms in total. The number of H-pyrrole nitrogens is 1. The number of oxazole rings is 1. The van der Waals surface area contributed by atoms with Crippen LogP contribution in [0.5, 0.6) is 0 Å². The summed E-state index contributed by atoms with van der Waals surface area (Å²) in [5.41, 5.74) is 6.05. The second kappa shape index (κ2) is 5.79. The van der Waals surface area contributed by atoms with E-state index in [4.69, 9.17) is 4.42 Å². The van der Waals surface area contributed by atoms with Crippen molar-refractivity contribution in [3.05, 3.63) is 70.5 Å². The summed E-state index contributed by atoms with van der Waals surface area (Å²) < 4.78 is 5.59. The van der Waals surface area contributed by atoms with Crippen LogP contribution >= 0.6 is 0 Å². The van der Waals surface area contributed by atoms with Gasteiger partial charge in [-0.05, 0) is 37.5 Å².